The lowest BCUT2D eigenvalue weighted by Crippen LogP contribution is -2.01. The zero-order valence-corrected chi connectivity index (χ0v) is 11.1. The second kappa shape index (κ2) is 4.62. The van der Waals surface area contributed by atoms with Crippen LogP contribution in [0, 0.1) is 0 Å². The number of halogens is 1. The van der Waals surface area contributed by atoms with Crippen molar-refractivity contribution in [2.75, 3.05) is 12.0 Å². The van der Waals surface area contributed by atoms with Gasteiger partial charge >= 0.3 is 0 Å². The number of nitrogens with zero attached hydrogens (tertiary/aromatic N) is 1. The first-order valence-electron chi connectivity index (χ1n) is 5.04. The van der Waals surface area contributed by atoms with E-state index in [1.165, 1.54) is 0 Å². The summed E-state index contributed by atoms with van der Waals surface area (Å²) in [5.74, 6) is 0.156. The SMILES string of the molecule is CS(=O)(=O)Cc1onc(N)c1-c1ccc(Cl)cc1. The summed E-state index contributed by atoms with van der Waals surface area (Å²) in [5.41, 5.74) is 6.91. The van der Waals surface area contributed by atoms with Crippen LogP contribution in [0.15, 0.2) is 28.8 Å². The molecule has 0 bridgehead atoms. The number of nitrogens with two attached hydrogens (primary N) is 1. The minimum Gasteiger partial charge on any atom is -0.380 e. The fourth-order valence-corrected chi connectivity index (χ4v) is 2.40. The first-order valence-corrected chi connectivity index (χ1v) is 7.48. The molecule has 2 rings (SSSR count). The third-order valence-corrected chi connectivity index (χ3v) is 3.35. The smallest absolute Gasteiger partial charge is 0.175 e. The van der Waals surface area contributed by atoms with Crippen molar-refractivity contribution in [3.63, 3.8) is 0 Å². The average molecular weight is 287 g/mol. The molecule has 1 aromatic carbocycles. The standard InChI is InChI=1S/C11H11ClN2O3S/c1-18(15,16)6-9-10(11(13)14-17-9)7-2-4-8(12)5-3-7/h2-5H,6H2,1H3,(H2,13,14). The summed E-state index contributed by atoms with van der Waals surface area (Å²) in [5, 5.41) is 4.19. The van der Waals surface area contributed by atoms with Gasteiger partial charge in [0.2, 0.25) is 0 Å². The number of sulfone groups is 1. The van der Waals surface area contributed by atoms with Crippen molar-refractivity contribution in [3.8, 4) is 11.1 Å². The largest absolute Gasteiger partial charge is 0.380 e. The van der Waals surface area contributed by atoms with E-state index in [0.717, 1.165) is 11.8 Å². The molecule has 0 unspecified atom stereocenters. The molecule has 0 atom stereocenters. The van der Waals surface area contributed by atoms with Gasteiger partial charge in [-0.25, -0.2) is 8.42 Å². The van der Waals surface area contributed by atoms with Gasteiger partial charge in [-0.2, -0.15) is 0 Å². The van der Waals surface area contributed by atoms with E-state index < -0.39 is 9.84 Å². The predicted molar refractivity (Wildman–Crippen MR) is 69.9 cm³/mol. The monoisotopic (exact) mass is 286 g/mol. The van der Waals surface area contributed by atoms with Crippen molar-refractivity contribution in [3.05, 3.63) is 35.0 Å². The molecule has 1 aromatic heterocycles. The maximum absolute atomic E-state index is 11.3. The molecule has 1 heterocycles. The van der Waals surface area contributed by atoms with E-state index in [1.54, 1.807) is 24.3 Å². The van der Waals surface area contributed by atoms with Gasteiger partial charge in [-0.3, -0.25) is 0 Å². The highest BCUT2D eigenvalue weighted by atomic mass is 35.5. The Labute approximate surface area is 109 Å². The number of hydrogen-bond acceptors (Lipinski definition) is 5. The highest BCUT2D eigenvalue weighted by Gasteiger charge is 2.19. The Morgan fingerprint density at radius 2 is 1.94 bits per heavy atom. The molecule has 5 nitrogen and oxygen atoms in total. The molecule has 0 aliphatic carbocycles. The van der Waals surface area contributed by atoms with E-state index in [0.29, 0.717) is 10.6 Å². The van der Waals surface area contributed by atoms with Crippen LogP contribution in [0.3, 0.4) is 0 Å². The van der Waals surface area contributed by atoms with Crippen molar-refractivity contribution < 1.29 is 12.9 Å². The molecular weight excluding hydrogens is 276 g/mol. The van der Waals surface area contributed by atoms with Crippen molar-refractivity contribution in [1.29, 1.82) is 0 Å². The van der Waals surface area contributed by atoms with Gasteiger partial charge < -0.3 is 10.3 Å². The summed E-state index contributed by atoms with van der Waals surface area (Å²) < 4.78 is 27.6. The van der Waals surface area contributed by atoms with Crippen molar-refractivity contribution in [2.45, 2.75) is 5.75 Å². The Bertz CT molecular complexity index is 662. The highest BCUT2D eigenvalue weighted by molar-refractivity contribution is 7.89. The summed E-state index contributed by atoms with van der Waals surface area (Å²) in [4.78, 5) is 0. The topological polar surface area (TPSA) is 86.2 Å². The van der Waals surface area contributed by atoms with Gasteiger partial charge in [0.15, 0.2) is 21.4 Å². The van der Waals surface area contributed by atoms with Crippen LogP contribution in [0.1, 0.15) is 5.76 Å². The molecule has 18 heavy (non-hydrogen) atoms. The molecule has 0 aliphatic rings. The Kier molecular flexibility index (Phi) is 3.32. The fourth-order valence-electron chi connectivity index (χ4n) is 1.60. The third-order valence-electron chi connectivity index (χ3n) is 2.32. The normalized spacial score (nSPS) is 11.7. The summed E-state index contributed by atoms with van der Waals surface area (Å²) in [6.45, 7) is 0. The number of aromatic nitrogens is 1. The van der Waals surface area contributed by atoms with Gasteiger partial charge in [-0.15, -0.1) is 0 Å². The molecule has 2 aromatic rings. The summed E-state index contributed by atoms with van der Waals surface area (Å²) in [7, 11) is -3.22. The molecule has 0 amide bonds. The number of benzene rings is 1. The molecule has 2 N–H and O–H groups in total. The zero-order valence-electron chi connectivity index (χ0n) is 9.55. The van der Waals surface area contributed by atoms with Crippen LogP contribution >= 0.6 is 11.6 Å². The second-order valence-electron chi connectivity index (χ2n) is 3.94. The van der Waals surface area contributed by atoms with Crippen LogP contribution in [-0.4, -0.2) is 19.8 Å². The average Bonchev–Trinajstić information content (AvgIpc) is 2.59. The fraction of sp³-hybridized carbons (Fsp3) is 0.182. The highest BCUT2D eigenvalue weighted by Crippen LogP contribution is 2.31. The molecule has 0 radical (unpaired) electrons. The van der Waals surface area contributed by atoms with Crippen LogP contribution in [0.4, 0.5) is 5.82 Å². The molecule has 0 saturated carbocycles. The number of nitrogen functional groups attached to an aromatic ring is 1. The van der Waals surface area contributed by atoms with Crippen LogP contribution < -0.4 is 5.73 Å². The van der Waals surface area contributed by atoms with Crippen LogP contribution in [0.2, 0.25) is 5.02 Å². The van der Waals surface area contributed by atoms with Crippen molar-refractivity contribution >= 4 is 27.3 Å². The first-order chi connectivity index (χ1) is 8.37. The Balaban J connectivity index is 2.50. The Hall–Kier alpha value is -1.53. The number of hydrogen-bond donors (Lipinski definition) is 1. The second-order valence-corrected chi connectivity index (χ2v) is 6.52. The summed E-state index contributed by atoms with van der Waals surface area (Å²) >= 11 is 5.79. The van der Waals surface area contributed by atoms with Gasteiger partial charge in [-0.1, -0.05) is 28.9 Å². The van der Waals surface area contributed by atoms with Gasteiger partial charge in [-0.05, 0) is 17.7 Å². The lowest BCUT2D eigenvalue weighted by Gasteiger charge is -2.02. The predicted octanol–water partition coefficient (Wildman–Crippen LogP) is 2.12. The van der Waals surface area contributed by atoms with Gasteiger partial charge in [0.05, 0.1) is 5.56 Å². The van der Waals surface area contributed by atoms with Gasteiger partial charge in [0.25, 0.3) is 0 Å². The van der Waals surface area contributed by atoms with E-state index in [-0.39, 0.29) is 17.3 Å². The maximum atomic E-state index is 11.3. The molecule has 0 fully saturated rings. The molecule has 0 spiro atoms. The van der Waals surface area contributed by atoms with E-state index in [4.69, 9.17) is 21.9 Å². The number of rotatable bonds is 3. The van der Waals surface area contributed by atoms with Crippen molar-refractivity contribution in [1.82, 2.24) is 5.16 Å². The van der Waals surface area contributed by atoms with Crippen LogP contribution in [-0.2, 0) is 15.6 Å². The first kappa shape index (κ1) is 12.9. The van der Waals surface area contributed by atoms with E-state index in [9.17, 15) is 8.42 Å². The third kappa shape index (κ3) is 2.83. The van der Waals surface area contributed by atoms with Crippen LogP contribution in [0.25, 0.3) is 11.1 Å². The Morgan fingerprint density at radius 3 is 2.50 bits per heavy atom. The van der Waals surface area contributed by atoms with E-state index in [1.807, 2.05) is 0 Å². The summed E-state index contributed by atoms with van der Waals surface area (Å²) in [6.07, 6.45) is 1.12. The van der Waals surface area contributed by atoms with Crippen LogP contribution in [0.5, 0.6) is 0 Å². The van der Waals surface area contributed by atoms with E-state index >= 15 is 0 Å². The lowest BCUT2D eigenvalue weighted by molar-refractivity contribution is 0.396. The van der Waals surface area contributed by atoms with Gasteiger partial charge in [0, 0.05) is 11.3 Å². The van der Waals surface area contributed by atoms with Crippen molar-refractivity contribution in [2.24, 2.45) is 0 Å². The number of anilines is 1. The summed E-state index contributed by atoms with van der Waals surface area (Å²) in [6, 6.07) is 6.84. The maximum Gasteiger partial charge on any atom is 0.175 e. The zero-order chi connectivity index (χ0) is 13.3. The minimum absolute atomic E-state index is 0.163. The Morgan fingerprint density at radius 1 is 1.33 bits per heavy atom. The van der Waals surface area contributed by atoms with E-state index in [2.05, 4.69) is 5.16 Å². The quantitative estimate of drug-likeness (QED) is 0.934. The molecular formula is C11H11ClN2O3S. The molecule has 0 saturated heterocycles. The van der Waals surface area contributed by atoms with Gasteiger partial charge in [0.1, 0.15) is 5.75 Å². The molecule has 96 valence electrons. The molecule has 0 aliphatic heterocycles. The molecule has 7 heteroatoms. The minimum atomic E-state index is -3.22. The lowest BCUT2D eigenvalue weighted by atomic mass is 10.1.